The Morgan fingerprint density at radius 1 is 1.50 bits per heavy atom. The predicted octanol–water partition coefficient (Wildman–Crippen LogP) is -0.00180. The van der Waals surface area contributed by atoms with E-state index in [0.717, 1.165) is 31.3 Å². The standard InChI is InChI=1S/C9H17N5/c1-7-3-8(6-10-5-7)4-9-11-13-14(2)12-9/h7-8,10H,3-6H2,1-2H3. The first kappa shape index (κ1) is 9.58. The second-order valence-corrected chi connectivity index (χ2v) is 4.26. The normalized spacial score (nSPS) is 27.9. The molecule has 1 aromatic rings. The Labute approximate surface area is 83.9 Å². The molecule has 1 fully saturated rings. The summed E-state index contributed by atoms with van der Waals surface area (Å²) < 4.78 is 0. The molecule has 5 nitrogen and oxygen atoms in total. The molecule has 0 bridgehead atoms. The summed E-state index contributed by atoms with van der Waals surface area (Å²) in [6.45, 7) is 4.51. The fourth-order valence-corrected chi connectivity index (χ4v) is 2.09. The average Bonchev–Trinajstić information content (AvgIpc) is 2.51. The molecule has 2 atom stereocenters. The van der Waals surface area contributed by atoms with E-state index in [2.05, 4.69) is 27.7 Å². The highest BCUT2D eigenvalue weighted by molar-refractivity contribution is 4.85. The van der Waals surface area contributed by atoms with Crippen LogP contribution in [0.1, 0.15) is 19.2 Å². The predicted molar refractivity (Wildman–Crippen MR) is 52.6 cm³/mol. The zero-order chi connectivity index (χ0) is 9.97. The van der Waals surface area contributed by atoms with Gasteiger partial charge in [-0.25, -0.2) is 0 Å². The summed E-state index contributed by atoms with van der Waals surface area (Å²) in [6, 6.07) is 0. The molecule has 1 aliphatic rings. The molecule has 2 rings (SSSR count). The molecule has 0 spiro atoms. The second-order valence-electron chi connectivity index (χ2n) is 4.26. The molecule has 0 amide bonds. The third kappa shape index (κ3) is 2.29. The minimum atomic E-state index is 0.669. The highest BCUT2D eigenvalue weighted by Gasteiger charge is 2.20. The molecule has 0 radical (unpaired) electrons. The van der Waals surface area contributed by atoms with Crippen molar-refractivity contribution in [3.8, 4) is 0 Å². The van der Waals surface area contributed by atoms with Crippen LogP contribution in [0.4, 0.5) is 0 Å². The zero-order valence-electron chi connectivity index (χ0n) is 8.77. The van der Waals surface area contributed by atoms with Crippen LogP contribution in [0.25, 0.3) is 0 Å². The molecule has 14 heavy (non-hydrogen) atoms. The van der Waals surface area contributed by atoms with Gasteiger partial charge in [0.2, 0.25) is 0 Å². The van der Waals surface area contributed by atoms with Gasteiger partial charge in [0.05, 0.1) is 7.05 Å². The number of nitrogens with zero attached hydrogens (tertiary/aromatic N) is 4. The quantitative estimate of drug-likeness (QED) is 0.721. The molecule has 1 aromatic heterocycles. The maximum atomic E-state index is 4.20. The van der Waals surface area contributed by atoms with E-state index in [1.165, 1.54) is 11.2 Å². The summed E-state index contributed by atoms with van der Waals surface area (Å²) in [6.07, 6.45) is 2.22. The zero-order valence-corrected chi connectivity index (χ0v) is 8.77. The number of tetrazole rings is 1. The van der Waals surface area contributed by atoms with Gasteiger partial charge in [-0.2, -0.15) is 4.80 Å². The van der Waals surface area contributed by atoms with Crippen LogP contribution in [0.3, 0.4) is 0 Å². The first-order valence-corrected chi connectivity index (χ1v) is 5.17. The van der Waals surface area contributed by atoms with Crippen molar-refractivity contribution in [1.82, 2.24) is 25.5 Å². The molecular weight excluding hydrogens is 178 g/mol. The van der Waals surface area contributed by atoms with E-state index in [1.54, 1.807) is 7.05 Å². The molecule has 2 unspecified atom stereocenters. The number of rotatable bonds is 2. The van der Waals surface area contributed by atoms with Crippen molar-refractivity contribution in [2.75, 3.05) is 13.1 Å². The van der Waals surface area contributed by atoms with Gasteiger partial charge in [-0.15, -0.1) is 10.2 Å². The van der Waals surface area contributed by atoms with Crippen molar-refractivity contribution < 1.29 is 0 Å². The summed E-state index contributed by atoms with van der Waals surface area (Å²) in [5.41, 5.74) is 0. The van der Waals surface area contributed by atoms with Crippen LogP contribution in [0.15, 0.2) is 0 Å². The van der Waals surface area contributed by atoms with Gasteiger partial charge in [0.1, 0.15) is 0 Å². The molecule has 1 saturated heterocycles. The number of hydrogen-bond donors (Lipinski definition) is 1. The average molecular weight is 195 g/mol. The third-order valence-corrected chi connectivity index (χ3v) is 2.68. The topological polar surface area (TPSA) is 55.6 Å². The van der Waals surface area contributed by atoms with Crippen molar-refractivity contribution in [3.63, 3.8) is 0 Å². The molecule has 0 saturated carbocycles. The van der Waals surface area contributed by atoms with E-state index >= 15 is 0 Å². The van der Waals surface area contributed by atoms with E-state index < -0.39 is 0 Å². The minimum absolute atomic E-state index is 0.669. The van der Waals surface area contributed by atoms with Crippen LogP contribution in [0, 0.1) is 11.8 Å². The van der Waals surface area contributed by atoms with Gasteiger partial charge in [-0.3, -0.25) is 0 Å². The molecule has 1 aliphatic heterocycles. The van der Waals surface area contributed by atoms with Crippen LogP contribution in [-0.4, -0.2) is 33.3 Å². The van der Waals surface area contributed by atoms with Crippen LogP contribution >= 0.6 is 0 Å². The molecule has 78 valence electrons. The SMILES string of the molecule is CC1CNCC(Cc2nnn(C)n2)C1. The maximum Gasteiger partial charge on any atom is 0.175 e. The lowest BCUT2D eigenvalue weighted by molar-refractivity contribution is 0.298. The first-order chi connectivity index (χ1) is 6.74. The maximum absolute atomic E-state index is 4.20. The van der Waals surface area contributed by atoms with E-state index in [1.807, 2.05) is 0 Å². The molecule has 0 aromatic carbocycles. The van der Waals surface area contributed by atoms with Crippen molar-refractivity contribution in [1.29, 1.82) is 0 Å². The van der Waals surface area contributed by atoms with Crippen LogP contribution in [0.5, 0.6) is 0 Å². The third-order valence-electron chi connectivity index (χ3n) is 2.68. The molecule has 5 heteroatoms. The lowest BCUT2D eigenvalue weighted by Crippen LogP contribution is -2.36. The van der Waals surface area contributed by atoms with Crippen LogP contribution in [0.2, 0.25) is 0 Å². The van der Waals surface area contributed by atoms with Gasteiger partial charge < -0.3 is 5.32 Å². The highest BCUT2D eigenvalue weighted by Crippen LogP contribution is 2.18. The lowest BCUT2D eigenvalue weighted by Gasteiger charge is -2.26. The number of hydrogen-bond acceptors (Lipinski definition) is 4. The Bertz CT molecular complexity index is 295. The molecular formula is C9H17N5. The summed E-state index contributed by atoms with van der Waals surface area (Å²) >= 11 is 0. The minimum Gasteiger partial charge on any atom is -0.316 e. The summed E-state index contributed by atoms with van der Waals surface area (Å²) in [7, 11) is 1.80. The number of piperidine rings is 1. The highest BCUT2D eigenvalue weighted by atomic mass is 15.6. The monoisotopic (exact) mass is 195 g/mol. The lowest BCUT2D eigenvalue weighted by atomic mass is 9.89. The summed E-state index contributed by atoms with van der Waals surface area (Å²) in [5.74, 6) is 2.31. The van der Waals surface area contributed by atoms with Gasteiger partial charge in [-0.1, -0.05) is 6.92 Å². The number of aromatic nitrogens is 4. The summed E-state index contributed by atoms with van der Waals surface area (Å²) in [5, 5.41) is 15.5. The van der Waals surface area contributed by atoms with Gasteiger partial charge in [-0.05, 0) is 36.6 Å². The van der Waals surface area contributed by atoms with Gasteiger partial charge >= 0.3 is 0 Å². The largest absolute Gasteiger partial charge is 0.316 e. The van der Waals surface area contributed by atoms with Crippen molar-refractivity contribution >= 4 is 0 Å². The molecule has 2 heterocycles. The van der Waals surface area contributed by atoms with E-state index in [0.29, 0.717) is 5.92 Å². The van der Waals surface area contributed by atoms with E-state index in [9.17, 15) is 0 Å². The van der Waals surface area contributed by atoms with Crippen molar-refractivity contribution in [3.05, 3.63) is 5.82 Å². The Kier molecular flexibility index (Phi) is 2.77. The first-order valence-electron chi connectivity index (χ1n) is 5.17. The van der Waals surface area contributed by atoms with Crippen LogP contribution < -0.4 is 5.32 Å². The summed E-state index contributed by atoms with van der Waals surface area (Å²) in [4.78, 5) is 1.52. The van der Waals surface area contributed by atoms with Gasteiger partial charge in [0, 0.05) is 6.42 Å². The van der Waals surface area contributed by atoms with E-state index in [4.69, 9.17) is 0 Å². The second kappa shape index (κ2) is 4.04. The van der Waals surface area contributed by atoms with Crippen molar-refractivity contribution in [2.45, 2.75) is 19.8 Å². The van der Waals surface area contributed by atoms with Gasteiger partial charge in [0.25, 0.3) is 0 Å². The fraction of sp³-hybridized carbons (Fsp3) is 0.889. The Morgan fingerprint density at radius 2 is 2.36 bits per heavy atom. The van der Waals surface area contributed by atoms with Crippen molar-refractivity contribution in [2.24, 2.45) is 18.9 Å². The molecule has 0 aliphatic carbocycles. The van der Waals surface area contributed by atoms with Crippen LogP contribution in [-0.2, 0) is 13.5 Å². The fourth-order valence-electron chi connectivity index (χ4n) is 2.09. The van der Waals surface area contributed by atoms with E-state index in [-0.39, 0.29) is 0 Å². The van der Waals surface area contributed by atoms with Gasteiger partial charge in [0.15, 0.2) is 5.82 Å². The number of nitrogens with one attached hydrogen (secondary N) is 1. The Morgan fingerprint density at radius 3 is 3.00 bits per heavy atom. The Hall–Kier alpha value is -0.970. The number of aryl methyl sites for hydroxylation is 1. The Balaban J connectivity index is 1.90. The smallest absolute Gasteiger partial charge is 0.175 e. The molecule has 1 N–H and O–H groups in total.